The van der Waals surface area contributed by atoms with Gasteiger partial charge in [0.1, 0.15) is 0 Å². The second kappa shape index (κ2) is 10.2. The van der Waals surface area contributed by atoms with Crippen LogP contribution in [0.2, 0.25) is 0 Å². The number of ether oxygens (including phenoxy) is 1. The van der Waals surface area contributed by atoms with Crippen molar-refractivity contribution in [2.75, 3.05) is 19.7 Å². The number of rotatable bonds is 8. The number of nitrogens with one attached hydrogen (secondary N) is 2. The Kier molecular flexibility index (Phi) is 7.37. The average Bonchev–Trinajstić information content (AvgIpc) is 3.45. The van der Waals surface area contributed by atoms with Gasteiger partial charge in [-0.3, -0.25) is 10.1 Å². The van der Waals surface area contributed by atoms with Crippen molar-refractivity contribution in [1.29, 1.82) is 0 Å². The Morgan fingerprint density at radius 3 is 2.57 bits per heavy atom. The number of hydrogen-bond acceptors (Lipinski definition) is 4. The van der Waals surface area contributed by atoms with Crippen molar-refractivity contribution in [3.63, 3.8) is 0 Å². The van der Waals surface area contributed by atoms with Crippen molar-refractivity contribution >= 4 is 12.0 Å². The van der Waals surface area contributed by atoms with Gasteiger partial charge in [0, 0.05) is 12.6 Å². The highest BCUT2D eigenvalue weighted by Gasteiger charge is 2.21. The SMILES string of the molecule is CCC(NC1C=Cc2ccccc21)c1ccccc1.O=C(O)CNCC1CO1. The summed E-state index contributed by atoms with van der Waals surface area (Å²) in [5, 5.41) is 14.6. The molecule has 4 rings (SSSR count). The smallest absolute Gasteiger partial charge is 0.317 e. The van der Waals surface area contributed by atoms with Crippen LogP contribution in [0.4, 0.5) is 0 Å². The highest BCUT2D eigenvalue weighted by molar-refractivity contribution is 5.69. The number of carbonyl (C=O) groups is 1. The summed E-state index contributed by atoms with van der Waals surface area (Å²) in [5.74, 6) is -0.823. The molecule has 0 amide bonds. The van der Waals surface area contributed by atoms with Gasteiger partial charge in [0.2, 0.25) is 0 Å². The maximum atomic E-state index is 9.90. The van der Waals surface area contributed by atoms with E-state index >= 15 is 0 Å². The summed E-state index contributed by atoms with van der Waals surface area (Å²) in [6.07, 6.45) is 5.83. The molecule has 2 aliphatic rings. The minimum Gasteiger partial charge on any atom is -0.480 e. The van der Waals surface area contributed by atoms with Crippen LogP contribution in [0, 0.1) is 0 Å². The highest BCUT2D eigenvalue weighted by atomic mass is 16.6. The average molecular weight is 380 g/mol. The Hall–Kier alpha value is -2.47. The molecule has 1 aliphatic carbocycles. The second-order valence-electron chi connectivity index (χ2n) is 6.98. The van der Waals surface area contributed by atoms with Crippen LogP contribution < -0.4 is 10.6 Å². The van der Waals surface area contributed by atoms with Gasteiger partial charge in [-0.15, -0.1) is 0 Å². The third kappa shape index (κ3) is 6.02. The molecule has 5 heteroatoms. The van der Waals surface area contributed by atoms with E-state index in [0.717, 1.165) is 13.0 Å². The molecular formula is C23H28N2O3. The fraction of sp³-hybridized carbons (Fsp3) is 0.348. The van der Waals surface area contributed by atoms with Crippen LogP contribution in [0.25, 0.3) is 6.08 Å². The molecule has 1 aliphatic heterocycles. The minimum atomic E-state index is -0.823. The first-order chi connectivity index (χ1) is 13.7. The number of aliphatic carboxylic acids is 1. The van der Waals surface area contributed by atoms with E-state index in [9.17, 15) is 4.79 Å². The van der Waals surface area contributed by atoms with Crippen LogP contribution in [0.5, 0.6) is 0 Å². The molecule has 5 nitrogen and oxygen atoms in total. The molecular weight excluding hydrogens is 352 g/mol. The standard InChI is InChI=1S/C18H19N.C5H9NO3/c1-2-17(15-9-4-3-5-10-15)19-18-13-12-14-8-6-7-11-16(14)18;7-5(8)2-6-1-4-3-9-4/h3-13,17-19H,2H2,1H3;4,6H,1-3H2,(H,7,8). The molecule has 1 fully saturated rings. The van der Waals surface area contributed by atoms with E-state index in [1.807, 2.05) is 0 Å². The van der Waals surface area contributed by atoms with E-state index in [0.29, 0.717) is 18.6 Å². The van der Waals surface area contributed by atoms with Gasteiger partial charge in [-0.1, -0.05) is 73.7 Å². The van der Waals surface area contributed by atoms with Gasteiger partial charge in [0.15, 0.2) is 0 Å². The number of benzene rings is 2. The van der Waals surface area contributed by atoms with E-state index in [2.05, 4.69) is 84.3 Å². The van der Waals surface area contributed by atoms with E-state index in [1.54, 1.807) is 0 Å². The van der Waals surface area contributed by atoms with Gasteiger partial charge < -0.3 is 15.2 Å². The lowest BCUT2D eigenvalue weighted by Gasteiger charge is -2.22. The number of hydrogen-bond donors (Lipinski definition) is 3. The third-order valence-corrected chi connectivity index (χ3v) is 4.84. The third-order valence-electron chi connectivity index (χ3n) is 4.84. The van der Waals surface area contributed by atoms with Crippen molar-refractivity contribution in [3.8, 4) is 0 Å². The Balaban J connectivity index is 0.000000211. The summed E-state index contributed by atoms with van der Waals surface area (Å²) in [5.41, 5.74) is 4.09. The molecule has 0 spiro atoms. The Morgan fingerprint density at radius 2 is 1.89 bits per heavy atom. The monoisotopic (exact) mass is 380 g/mol. The molecule has 148 valence electrons. The summed E-state index contributed by atoms with van der Waals surface area (Å²) >= 11 is 0. The summed E-state index contributed by atoms with van der Waals surface area (Å²) in [7, 11) is 0. The van der Waals surface area contributed by atoms with E-state index < -0.39 is 5.97 Å². The fourth-order valence-corrected chi connectivity index (χ4v) is 3.27. The molecule has 0 aromatic heterocycles. The van der Waals surface area contributed by atoms with Gasteiger partial charge in [-0.25, -0.2) is 0 Å². The van der Waals surface area contributed by atoms with Gasteiger partial charge in [0.25, 0.3) is 0 Å². The van der Waals surface area contributed by atoms with E-state index in [-0.39, 0.29) is 12.6 Å². The zero-order chi connectivity index (χ0) is 19.8. The minimum absolute atomic E-state index is 0.0276. The molecule has 3 atom stereocenters. The Morgan fingerprint density at radius 1 is 1.18 bits per heavy atom. The Bertz CT molecular complexity index is 787. The lowest BCUT2D eigenvalue weighted by molar-refractivity contribution is -0.135. The maximum absolute atomic E-state index is 9.90. The van der Waals surface area contributed by atoms with Crippen LogP contribution in [-0.4, -0.2) is 36.9 Å². The maximum Gasteiger partial charge on any atom is 0.317 e. The predicted molar refractivity (Wildman–Crippen MR) is 111 cm³/mol. The largest absolute Gasteiger partial charge is 0.480 e. The van der Waals surface area contributed by atoms with Gasteiger partial charge in [0.05, 0.1) is 25.3 Å². The van der Waals surface area contributed by atoms with Crippen LogP contribution in [0.3, 0.4) is 0 Å². The lowest BCUT2D eigenvalue weighted by Crippen LogP contribution is -2.26. The number of carboxylic acids is 1. The van der Waals surface area contributed by atoms with Gasteiger partial charge in [-0.05, 0) is 23.1 Å². The molecule has 0 radical (unpaired) electrons. The number of carboxylic acid groups (broad SMARTS) is 1. The predicted octanol–water partition coefficient (Wildman–Crippen LogP) is 3.55. The topological polar surface area (TPSA) is 73.9 Å². The molecule has 2 aromatic rings. The normalized spacial score (nSPS) is 20.0. The first-order valence-corrected chi connectivity index (χ1v) is 9.79. The van der Waals surface area contributed by atoms with Crippen LogP contribution in [-0.2, 0) is 9.53 Å². The second-order valence-corrected chi connectivity index (χ2v) is 6.98. The molecule has 2 aromatic carbocycles. The quantitative estimate of drug-likeness (QED) is 0.611. The number of epoxide rings is 1. The highest BCUT2D eigenvalue weighted by Crippen LogP contribution is 2.30. The van der Waals surface area contributed by atoms with Crippen molar-refractivity contribution < 1.29 is 14.6 Å². The molecule has 1 heterocycles. The molecule has 28 heavy (non-hydrogen) atoms. The molecule has 3 unspecified atom stereocenters. The van der Waals surface area contributed by atoms with Crippen molar-refractivity contribution in [3.05, 3.63) is 77.4 Å². The van der Waals surface area contributed by atoms with Crippen LogP contribution >= 0.6 is 0 Å². The summed E-state index contributed by atoms with van der Waals surface area (Å²) in [6, 6.07) is 20.0. The first kappa shape index (κ1) is 20.3. The van der Waals surface area contributed by atoms with Crippen LogP contribution in [0.15, 0.2) is 60.7 Å². The van der Waals surface area contributed by atoms with Crippen molar-refractivity contribution in [2.45, 2.75) is 31.5 Å². The van der Waals surface area contributed by atoms with Gasteiger partial charge >= 0.3 is 5.97 Å². The van der Waals surface area contributed by atoms with Crippen molar-refractivity contribution in [2.24, 2.45) is 0 Å². The van der Waals surface area contributed by atoms with E-state index in [1.165, 1.54) is 16.7 Å². The fourth-order valence-electron chi connectivity index (χ4n) is 3.27. The van der Waals surface area contributed by atoms with Crippen molar-refractivity contribution in [1.82, 2.24) is 10.6 Å². The zero-order valence-electron chi connectivity index (χ0n) is 16.2. The summed E-state index contributed by atoms with van der Waals surface area (Å²) < 4.78 is 4.83. The summed E-state index contributed by atoms with van der Waals surface area (Å²) in [4.78, 5) is 9.90. The molecule has 3 N–H and O–H groups in total. The first-order valence-electron chi connectivity index (χ1n) is 9.79. The molecule has 0 saturated carbocycles. The number of fused-ring (bicyclic) bond motifs is 1. The molecule has 0 bridgehead atoms. The lowest BCUT2D eigenvalue weighted by atomic mass is 10.0. The summed E-state index contributed by atoms with van der Waals surface area (Å²) in [6.45, 7) is 3.69. The van der Waals surface area contributed by atoms with Crippen LogP contribution in [0.1, 0.15) is 42.1 Å². The van der Waals surface area contributed by atoms with E-state index in [4.69, 9.17) is 9.84 Å². The Labute approximate surface area is 166 Å². The van der Waals surface area contributed by atoms with Gasteiger partial charge in [-0.2, -0.15) is 0 Å². The molecule has 1 saturated heterocycles. The zero-order valence-corrected chi connectivity index (χ0v) is 16.2.